The standard InChI is InChI=1S/C10H10Cl2F4O/c1-5-3-7(17-4-6(5)2)8(11,12)10(15,16)9(7,13)14/h3-4H2,1-2H3. The van der Waals surface area contributed by atoms with Crippen molar-refractivity contribution in [3.05, 3.63) is 11.1 Å². The summed E-state index contributed by atoms with van der Waals surface area (Å²) in [5.41, 5.74) is -1.25. The average Bonchev–Trinajstić information content (AvgIpc) is 2.20. The molecule has 0 radical (unpaired) electrons. The molecule has 1 spiro atoms. The second kappa shape index (κ2) is 3.31. The van der Waals surface area contributed by atoms with Crippen LogP contribution in [-0.4, -0.2) is 28.4 Å². The summed E-state index contributed by atoms with van der Waals surface area (Å²) in [4.78, 5) is 0. The monoisotopic (exact) mass is 292 g/mol. The molecule has 2 rings (SSSR count). The van der Waals surface area contributed by atoms with Crippen LogP contribution in [0.4, 0.5) is 17.6 Å². The molecule has 1 fully saturated rings. The predicted octanol–water partition coefficient (Wildman–Crippen LogP) is 3.94. The summed E-state index contributed by atoms with van der Waals surface area (Å²) < 4.78 is 55.6. The number of halogens is 6. The van der Waals surface area contributed by atoms with E-state index in [9.17, 15) is 17.6 Å². The Morgan fingerprint density at radius 1 is 1.00 bits per heavy atom. The van der Waals surface area contributed by atoms with Crippen LogP contribution in [-0.2, 0) is 4.74 Å². The van der Waals surface area contributed by atoms with Gasteiger partial charge in [0, 0.05) is 6.42 Å². The Morgan fingerprint density at radius 3 is 1.94 bits per heavy atom. The molecule has 1 heterocycles. The molecule has 1 aliphatic heterocycles. The highest BCUT2D eigenvalue weighted by Gasteiger charge is 2.95. The normalized spacial score (nSPS) is 38.1. The maximum atomic E-state index is 13.6. The molecule has 2 aliphatic rings. The minimum atomic E-state index is -4.49. The summed E-state index contributed by atoms with van der Waals surface area (Å²) in [5.74, 6) is -8.86. The van der Waals surface area contributed by atoms with Crippen molar-refractivity contribution in [2.45, 2.75) is 42.0 Å². The van der Waals surface area contributed by atoms with Gasteiger partial charge in [-0.05, 0) is 19.4 Å². The van der Waals surface area contributed by atoms with Gasteiger partial charge in [-0.15, -0.1) is 0 Å². The molecule has 0 saturated heterocycles. The zero-order valence-corrected chi connectivity index (χ0v) is 10.6. The van der Waals surface area contributed by atoms with Gasteiger partial charge in [0.1, 0.15) is 0 Å². The van der Waals surface area contributed by atoms with Crippen molar-refractivity contribution in [3.63, 3.8) is 0 Å². The summed E-state index contributed by atoms with van der Waals surface area (Å²) in [7, 11) is 0. The van der Waals surface area contributed by atoms with Crippen LogP contribution in [0.25, 0.3) is 0 Å². The van der Waals surface area contributed by atoms with E-state index in [1.807, 2.05) is 0 Å². The third kappa shape index (κ3) is 1.21. The molecule has 0 aromatic heterocycles. The molecular formula is C10H10Cl2F4O. The number of hydrogen-bond acceptors (Lipinski definition) is 1. The van der Waals surface area contributed by atoms with Gasteiger partial charge in [0.05, 0.1) is 6.61 Å². The molecule has 0 aromatic carbocycles. The summed E-state index contributed by atoms with van der Waals surface area (Å²) in [6.07, 6.45) is -0.394. The molecule has 0 amide bonds. The number of hydrogen-bond donors (Lipinski definition) is 0. The van der Waals surface area contributed by atoms with E-state index < -0.39 is 28.2 Å². The van der Waals surface area contributed by atoms with E-state index >= 15 is 0 Å². The van der Waals surface area contributed by atoms with Crippen molar-refractivity contribution >= 4 is 23.2 Å². The summed E-state index contributed by atoms with van der Waals surface area (Å²) in [6, 6.07) is 0. The lowest BCUT2D eigenvalue weighted by atomic mass is 9.66. The molecule has 1 saturated carbocycles. The minimum absolute atomic E-state index is 0.168. The maximum Gasteiger partial charge on any atom is 0.348 e. The van der Waals surface area contributed by atoms with Gasteiger partial charge in [0.15, 0.2) is 5.60 Å². The maximum absolute atomic E-state index is 13.6. The van der Waals surface area contributed by atoms with E-state index in [0.717, 1.165) is 5.57 Å². The Morgan fingerprint density at radius 2 is 1.53 bits per heavy atom. The fourth-order valence-corrected chi connectivity index (χ4v) is 2.89. The minimum Gasteiger partial charge on any atom is -0.360 e. The molecule has 1 atom stereocenters. The van der Waals surface area contributed by atoms with Gasteiger partial charge in [-0.2, -0.15) is 17.6 Å². The SMILES string of the molecule is CC1=C(C)CC2(OC1)C(F)(F)C(F)(F)C2(Cl)Cl. The molecule has 0 bridgehead atoms. The molecule has 0 aromatic rings. The van der Waals surface area contributed by atoms with Gasteiger partial charge in [0.2, 0.25) is 4.33 Å². The lowest BCUT2D eigenvalue weighted by Gasteiger charge is -2.62. The highest BCUT2D eigenvalue weighted by atomic mass is 35.5. The Bertz CT molecular complexity index is 385. The van der Waals surface area contributed by atoms with Crippen LogP contribution in [0.3, 0.4) is 0 Å². The van der Waals surface area contributed by atoms with E-state index in [1.54, 1.807) is 13.8 Å². The predicted molar refractivity (Wildman–Crippen MR) is 56.0 cm³/mol. The first kappa shape index (κ1) is 13.4. The number of rotatable bonds is 0. The van der Waals surface area contributed by atoms with Crippen molar-refractivity contribution in [2.24, 2.45) is 0 Å². The average molecular weight is 293 g/mol. The molecule has 1 aliphatic carbocycles. The Kier molecular flexibility index (Phi) is 2.61. The highest BCUT2D eigenvalue weighted by Crippen LogP contribution is 2.72. The smallest absolute Gasteiger partial charge is 0.348 e. The van der Waals surface area contributed by atoms with Crippen LogP contribution in [0.2, 0.25) is 0 Å². The molecule has 7 heteroatoms. The molecule has 1 unspecified atom stereocenters. The Labute approximate surface area is 106 Å². The van der Waals surface area contributed by atoms with Crippen LogP contribution in [0.1, 0.15) is 20.3 Å². The van der Waals surface area contributed by atoms with Crippen LogP contribution in [0.15, 0.2) is 11.1 Å². The third-order valence-corrected chi connectivity index (χ3v) is 4.67. The van der Waals surface area contributed by atoms with Gasteiger partial charge in [0.25, 0.3) is 0 Å². The van der Waals surface area contributed by atoms with Crippen molar-refractivity contribution in [1.29, 1.82) is 0 Å². The highest BCUT2D eigenvalue weighted by molar-refractivity contribution is 6.51. The zero-order valence-electron chi connectivity index (χ0n) is 9.09. The van der Waals surface area contributed by atoms with Crippen LogP contribution < -0.4 is 0 Å². The summed E-state index contributed by atoms with van der Waals surface area (Å²) in [5, 5.41) is 0. The molecule has 0 N–H and O–H groups in total. The van der Waals surface area contributed by atoms with E-state index in [2.05, 4.69) is 0 Å². The summed E-state index contributed by atoms with van der Waals surface area (Å²) >= 11 is 10.8. The first-order chi connectivity index (χ1) is 7.51. The Hall–Kier alpha value is -0.000000000000000111. The van der Waals surface area contributed by atoms with Crippen LogP contribution in [0, 0.1) is 0 Å². The largest absolute Gasteiger partial charge is 0.360 e. The van der Waals surface area contributed by atoms with Gasteiger partial charge in [-0.1, -0.05) is 28.8 Å². The lowest BCUT2D eigenvalue weighted by Crippen LogP contribution is -2.86. The van der Waals surface area contributed by atoms with E-state index in [1.165, 1.54) is 0 Å². The van der Waals surface area contributed by atoms with Crippen molar-refractivity contribution in [3.8, 4) is 0 Å². The Balaban J connectivity index is 2.48. The van der Waals surface area contributed by atoms with E-state index in [0.29, 0.717) is 5.57 Å². The van der Waals surface area contributed by atoms with Crippen molar-refractivity contribution in [1.82, 2.24) is 0 Å². The first-order valence-electron chi connectivity index (χ1n) is 4.94. The second-order valence-electron chi connectivity index (χ2n) is 4.58. The van der Waals surface area contributed by atoms with E-state index in [4.69, 9.17) is 27.9 Å². The first-order valence-corrected chi connectivity index (χ1v) is 5.69. The fraction of sp³-hybridized carbons (Fsp3) is 0.800. The fourth-order valence-electron chi connectivity index (χ4n) is 2.17. The van der Waals surface area contributed by atoms with Gasteiger partial charge >= 0.3 is 11.8 Å². The molecular weight excluding hydrogens is 283 g/mol. The zero-order chi connectivity index (χ0) is 13.3. The number of ether oxygens (including phenoxy) is 1. The molecule has 98 valence electrons. The molecule has 17 heavy (non-hydrogen) atoms. The second-order valence-corrected chi connectivity index (χ2v) is 5.90. The van der Waals surface area contributed by atoms with Crippen LogP contribution in [0.5, 0.6) is 0 Å². The summed E-state index contributed by atoms with van der Waals surface area (Å²) in [6.45, 7) is 3.09. The quantitative estimate of drug-likeness (QED) is 0.373. The third-order valence-electron chi connectivity index (χ3n) is 3.58. The topological polar surface area (TPSA) is 9.23 Å². The van der Waals surface area contributed by atoms with Crippen molar-refractivity contribution < 1.29 is 22.3 Å². The van der Waals surface area contributed by atoms with Gasteiger partial charge in [-0.25, -0.2) is 0 Å². The van der Waals surface area contributed by atoms with Crippen LogP contribution >= 0.6 is 23.2 Å². The molecule has 1 nitrogen and oxygen atoms in total. The number of alkyl halides is 6. The van der Waals surface area contributed by atoms with E-state index in [-0.39, 0.29) is 6.61 Å². The lowest BCUT2D eigenvalue weighted by molar-refractivity contribution is -0.396. The van der Waals surface area contributed by atoms with Gasteiger partial charge in [-0.3, -0.25) is 0 Å². The van der Waals surface area contributed by atoms with Crippen molar-refractivity contribution in [2.75, 3.05) is 6.61 Å². The van der Waals surface area contributed by atoms with Gasteiger partial charge < -0.3 is 4.74 Å².